The van der Waals surface area contributed by atoms with Crippen LogP contribution in [-0.2, 0) is 21.5 Å². The highest BCUT2D eigenvalue weighted by molar-refractivity contribution is 7.87. The number of hydrogen-bond acceptors (Lipinski definition) is 9. The van der Waals surface area contributed by atoms with Gasteiger partial charge >= 0.3 is 0 Å². The summed E-state index contributed by atoms with van der Waals surface area (Å²) in [6.45, 7) is 0.0431. The Morgan fingerprint density at radius 3 is 2.61 bits per heavy atom. The first-order chi connectivity index (χ1) is 14.7. The second-order valence-electron chi connectivity index (χ2n) is 6.97. The molecule has 4 atom stereocenters. The maximum atomic E-state index is 13.1. The third-order valence-corrected chi connectivity index (χ3v) is 5.40. The van der Waals surface area contributed by atoms with E-state index in [1.165, 1.54) is 29.4 Å². The summed E-state index contributed by atoms with van der Waals surface area (Å²) in [6, 6.07) is 5.98. The fourth-order valence-electron chi connectivity index (χ4n) is 3.28. The lowest BCUT2D eigenvalue weighted by Crippen LogP contribution is -2.42. The van der Waals surface area contributed by atoms with Gasteiger partial charge < -0.3 is 20.3 Å². The van der Waals surface area contributed by atoms with Crippen LogP contribution in [0.2, 0.25) is 0 Å². The zero-order chi connectivity index (χ0) is 22.2. The largest absolute Gasteiger partial charge is 0.387 e. The summed E-state index contributed by atoms with van der Waals surface area (Å²) in [6.07, 6.45) is -2.16. The number of nitrogens with zero attached hydrogens (tertiary/aromatic N) is 4. The van der Waals surface area contributed by atoms with Gasteiger partial charge in [0.25, 0.3) is 10.2 Å². The molecule has 1 fully saturated rings. The highest BCUT2D eigenvalue weighted by Crippen LogP contribution is 2.32. The van der Waals surface area contributed by atoms with Crippen molar-refractivity contribution in [2.45, 2.75) is 31.1 Å². The van der Waals surface area contributed by atoms with Crippen LogP contribution in [0.3, 0.4) is 0 Å². The van der Waals surface area contributed by atoms with Crippen LogP contribution in [0.15, 0.2) is 36.9 Å². The number of hydrogen-bond donors (Lipinski definition) is 5. The lowest BCUT2D eigenvalue weighted by molar-refractivity contribution is -0.0330. The highest BCUT2D eigenvalue weighted by Gasteiger charge is 2.44. The Morgan fingerprint density at radius 1 is 1.16 bits per heavy atom. The smallest absolute Gasteiger partial charge is 0.274 e. The number of nitrogens with two attached hydrogens (primary N) is 1. The molecule has 31 heavy (non-hydrogen) atoms. The summed E-state index contributed by atoms with van der Waals surface area (Å²) < 4.78 is 44.3. The summed E-state index contributed by atoms with van der Waals surface area (Å²) in [7, 11) is -3.99. The molecule has 3 aromatic rings. The Kier molecular flexibility index (Phi) is 5.83. The minimum Gasteiger partial charge on any atom is -0.387 e. The monoisotopic (exact) mass is 453 g/mol. The average molecular weight is 453 g/mol. The summed E-state index contributed by atoms with van der Waals surface area (Å²) in [5, 5.41) is 28.6. The molecule has 1 aromatic carbocycles. The van der Waals surface area contributed by atoms with E-state index < -0.39 is 34.7 Å². The number of benzene rings is 1. The van der Waals surface area contributed by atoms with E-state index in [1.807, 2.05) is 4.72 Å². The van der Waals surface area contributed by atoms with Crippen LogP contribution in [-0.4, -0.2) is 63.0 Å². The Morgan fingerprint density at radius 2 is 1.90 bits per heavy atom. The number of aliphatic hydroxyl groups excluding tert-OH is 2. The van der Waals surface area contributed by atoms with E-state index in [9.17, 15) is 23.0 Å². The first-order valence-corrected chi connectivity index (χ1v) is 10.7. The summed E-state index contributed by atoms with van der Waals surface area (Å²) in [5.41, 5.74) is 1.55. The van der Waals surface area contributed by atoms with E-state index in [4.69, 9.17) is 9.88 Å². The van der Waals surface area contributed by atoms with Gasteiger partial charge in [-0.15, -0.1) is 0 Å². The minimum atomic E-state index is -3.99. The molecule has 0 aliphatic carbocycles. The van der Waals surface area contributed by atoms with Gasteiger partial charge in [0.15, 0.2) is 23.2 Å². The Balaban J connectivity index is 1.54. The van der Waals surface area contributed by atoms with Crippen LogP contribution in [0.5, 0.6) is 0 Å². The fraction of sp³-hybridized carbons (Fsp3) is 0.353. The molecule has 0 amide bonds. The molecule has 0 spiro atoms. The van der Waals surface area contributed by atoms with E-state index in [0.29, 0.717) is 23.5 Å². The van der Waals surface area contributed by atoms with Crippen molar-refractivity contribution in [2.75, 3.05) is 11.9 Å². The predicted molar refractivity (Wildman–Crippen MR) is 106 cm³/mol. The molecule has 0 unspecified atom stereocenters. The zero-order valence-corrected chi connectivity index (χ0v) is 16.8. The number of nitrogens with one attached hydrogen (secondary N) is 2. The third-order valence-electron chi connectivity index (χ3n) is 4.83. The average Bonchev–Trinajstić information content (AvgIpc) is 3.27. The first kappa shape index (κ1) is 21.5. The zero-order valence-electron chi connectivity index (χ0n) is 16.0. The molecule has 12 nitrogen and oxygen atoms in total. The fourth-order valence-corrected chi connectivity index (χ4v) is 3.68. The van der Waals surface area contributed by atoms with Crippen LogP contribution in [0.4, 0.5) is 10.2 Å². The van der Waals surface area contributed by atoms with Gasteiger partial charge in [-0.25, -0.2) is 24.5 Å². The van der Waals surface area contributed by atoms with Gasteiger partial charge in [0.2, 0.25) is 0 Å². The maximum Gasteiger partial charge on any atom is 0.274 e. The number of fused-ring (bicyclic) bond motifs is 1. The lowest BCUT2D eigenvalue weighted by Gasteiger charge is -2.16. The van der Waals surface area contributed by atoms with Crippen LogP contribution < -0.4 is 15.2 Å². The molecule has 0 bridgehead atoms. The molecular formula is C17H20FN7O5S. The SMILES string of the molecule is NS(=O)(=O)NC[C@H]1O[C@@H](n2cnc3c(NCc4ccc(F)cc4)ncnc32)[C@H](O)[C@@H]1O. The van der Waals surface area contributed by atoms with Crippen LogP contribution in [0, 0.1) is 5.82 Å². The van der Waals surface area contributed by atoms with E-state index in [0.717, 1.165) is 5.56 Å². The number of ether oxygens (including phenoxy) is 1. The predicted octanol–water partition coefficient (Wildman–Crippen LogP) is -1.01. The lowest BCUT2D eigenvalue weighted by atomic mass is 10.1. The second-order valence-corrected chi connectivity index (χ2v) is 8.34. The van der Waals surface area contributed by atoms with Crippen molar-refractivity contribution < 1.29 is 27.8 Å². The van der Waals surface area contributed by atoms with E-state index in [2.05, 4.69) is 20.3 Å². The van der Waals surface area contributed by atoms with E-state index in [1.54, 1.807) is 12.1 Å². The molecule has 14 heteroatoms. The van der Waals surface area contributed by atoms with Gasteiger partial charge in [-0.1, -0.05) is 12.1 Å². The number of aromatic nitrogens is 4. The molecule has 3 heterocycles. The van der Waals surface area contributed by atoms with E-state index >= 15 is 0 Å². The van der Waals surface area contributed by atoms with E-state index in [-0.39, 0.29) is 12.4 Å². The molecule has 4 rings (SSSR count). The molecule has 6 N–H and O–H groups in total. The van der Waals surface area contributed by atoms with Gasteiger partial charge in [0.05, 0.1) is 6.33 Å². The van der Waals surface area contributed by atoms with Gasteiger partial charge in [-0.05, 0) is 17.7 Å². The van der Waals surface area contributed by atoms with Crippen molar-refractivity contribution in [2.24, 2.45) is 5.14 Å². The van der Waals surface area contributed by atoms with Gasteiger partial charge in [0, 0.05) is 13.1 Å². The molecule has 0 saturated carbocycles. The third kappa shape index (κ3) is 4.63. The topological polar surface area (TPSA) is 178 Å². The number of anilines is 1. The highest BCUT2D eigenvalue weighted by atomic mass is 32.2. The molecular weight excluding hydrogens is 433 g/mol. The van der Waals surface area contributed by atoms with Crippen LogP contribution in [0.25, 0.3) is 11.2 Å². The maximum absolute atomic E-state index is 13.1. The van der Waals surface area contributed by atoms with Crippen molar-refractivity contribution in [3.63, 3.8) is 0 Å². The van der Waals surface area contributed by atoms with Crippen molar-refractivity contribution >= 4 is 27.2 Å². The summed E-state index contributed by atoms with van der Waals surface area (Å²) >= 11 is 0. The first-order valence-electron chi connectivity index (χ1n) is 9.18. The number of halogens is 1. The summed E-state index contributed by atoms with van der Waals surface area (Å²) in [4.78, 5) is 12.6. The quantitative estimate of drug-likeness (QED) is 0.300. The van der Waals surface area contributed by atoms with Crippen molar-refractivity contribution in [3.05, 3.63) is 48.3 Å². The molecule has 1 saturated heterocycles. The summed E-state index contributed by atoms with van der Waals surface area (Å²) in [5.74, 6) is 0.0790. The standard InChI is InChI=1S/C17H20FN7O5S/c18-10-3-1-9(2-4-10)5-20-15-12-16(22-7-21-15)25(8-23-12)17-14(27)13(26)11(30-17)6-24-31(19,28)29/h1-4,7-8,11,13-14,17,24,26-27H,5-6H2,(H2,19,28,29)(H,20,21,22)/t11-,13-,14-,17-/m1/s1. The Bertz CT molecular complexity index is 1170. The molecule has 0 radical (unpaired) electrons. The minimum absolute atomic E-state index is 0.320. The number of rotatable bonds is 7. The number of imidazole rings is 1. The number of aliphatic hydroxyl groups is 2. The van der Waals surface area contributed by atoms with Crippen molar-refractivity contribution in [3.8, 4) is 0 Å². The van der Waals surface area contributed by atoms with Crippen molar-refractivity contribution in [1.29, 1.82) is 0 Å². The molecule has 2 aromatic heterocycles. The molecule has 1 aliphatic heterocycles. The van der Waals surface area contributed by atoms with Gasteiger partial charge in [-0.3, -0.25) is 4.57 Å². The van der Waals surface area contributed by atoms with Crippen molar-refractivity contribution in [1.82, 2.24) is 24.2 Å². The molecule has 166 valence electrons. The van der Waals surface area contributed by atoms with Crippen LogP contribution in [0.1, 0.15) is 11.8 Å². The Labute approximate surface area is 176 Å². The normalized spacial score (nSPS) is 24.0. The van der Waals surface area contributed by atoms with Gasteiger partial charge in [-0.2, -0.15) is 13.1 Å². The van der Waals surface area contributed by atoms with Gasteiger partial charge in [0.1, 0.15) is 30.5 Å². The molecule has 1 aliphatic rings. The van der Waals surface area contributed by atoms with Crippen LogP contribution >= 0.6 is 0 Å². The Hall–Kier alpha value is -2.75. The second kappa shape index (κ2) is 8.41.